The molecule has 0 fully saturated rings. The van der Waals surface area contributed by atoms with Crippen LogP contribution in [0.5, 0.6) is 0 Å². The molecule has 0 aliphatic carbocycles. The SMILES string of the molecule is CC[C@H](C(=O)NCCCc1ccccc1Cl)N(c1cccc(C)c1)S(C)(=O)=O. The molecule has 0 radical (unpaired) electrons. The van der Waals surface area contributed by atoms with Crippen LogP contribution >= 0.6 is 11.6 Å². The summed E-state index contributed by atoms with van der Waals surface area (Å²) in [6, 6.07) is 14.0. The molecule has 0 saturated heterocycles. The minimum absolute atomic E-state index is 0.298. The molecule has 0 heterocycles. The minimum Gasteiger partial charge on any atom is -0.354 e. The molecular formula is C21H27ClN2O3S. The number of carbonyl (C=O) groups excluding carboxylic acids is 1. The summed E-state index contributed by atoms with van der Waals surface area (Å²) in [6.45, 7) is 4.15. The Hall–Kier alpha value is -2.05. The van der Waals surface area contributed by atoms with Crippen molar-refractivity contribution in [1.29, 1.82) is 0 Å². The molecule has 5 nitrogen and oxygen atoms in total. The number of halogens is 1. The van der Waals surface area contributed by atoms with Crippen LogP contribution in [0.4, 0.5) is 5.69 Å². The number of benzene rings is 2. The van der Waals surface area contributed by atoms with Crippen LogP contribution in [0.2, 0.25) is 5.02 Å². The van der Waals surface area contributed by atoms with E-state index in [1.54, 1.807) is 18.2 Å². The van der Waals surface area contributed by atoms with Gasteiger partial charge in [-0.2, -0.15) is 0 Å². The van der Waals surface area contributed by atoms with E-state index in [4.69, 9.17) is 11.6 Å². The summed E-state index contributed by atoms with van der Waals surface area (Å²) in [5, 5.41) is 3.58. The number of nitrogens with one attached hydrogen (secondary N) is 1. The molecule has 28 heavy (non-hydrogen) atoms. The van der Waals surface area contributed by atoms with Crippen molar-refractivity contribution in [2.75, 3.05) is 17.1 Å². The quantitative estimate of drug-likeness (QED) is 0.622. The number of anilines is 1. The highest BCUT2D eigenvalue weighted by atomic mass is 35.5. The second-order valence-corrected chi connectivity index (χ2v) is 9.07. The molecule has 1 N–H and O–H groups in total. The number of hydrogen-bond acceptors (Lipinski definition) is 3. The zero-order valence-electron chi connectivity index (χ0n) is 16.5. The monoisotopic (exact) mass is 422 g/mol. The summed E-state index contributed by atoms with van der Waals surface area (Å²) in [5.74, 6) is -0.298. The lowest BCUT2D eigenvalue weighted by molar-refractivity contribution is -0.122. The van der Waals surface area contributed by atoms with Crippen molar-refractivity contribution < 1.29 is 13.2 Å². The van der Waals surface area contributed by atoms with Crippen molar-refractivity contribution in [1.82, 2.24) is 5.32 Å². The number of nitrogens with zero attached hydrogens (tertiary/aromatic N) is 1. The Kier molecular flexibility index (Phi) is 7.89. The predicted octanol–water partition coefficient (Wildman–Crippen LogP) is 3.94. The lowest BCUT2D eigenvalue weighted by atomic mass is 10.1. The first-order valence-corrected chi connectivity index (χ1v) is 11.5. The van der Waals surface area contributed by atoms with Gasteiger partial charge in [-0.15, -0.1) is 0 Å². The fraction of sp³-hybridized carbons (Fsp3) is 0.381. The highest BCUT2D eigenvalue weighted by molar-refractivity contribution is 7.92. The number of hydrogen-bond donors (Lipinski definition) is 1. The first-order chi connectivity index (χ1) is 13.2. The normalized spacial score (nSPS) is 12.4. The standard InChI is InChI=1S/C21H27ClN2O3S/c1-4-20(24(28(3,26)27)18-12-7-9-16(2)15-18)21(25)23-14-8-11-17-10-5-6-13-19(17)22/h5-7,9-10,12-13,15,20H,4,8,11,14H2,1-3H3,(H,23,25)/t20-/m1/s1. The Labute approximate surface area is 172 Å². The van der Waals surface area contributed by atoms with E-state index in [0.717, 1.165) is 30.2 Å². The van der Waals surface area contributed by atoms with Gasteiger partial charge in [0.15, 0.2) is 0 Å². The van der Waals surface area contributed by atoms with Crippen LogP contribution in [-0.4, -0.2) is 33.2 Å². The zero-order chi connectivity index (χ0) is 20.7. The number of aryl methyl sites for hydroxylation is 2. The molecule has 0 unspecified atom stereocenters. The smallest absolute Gasteiger partial charge is 0.243 e. The molecule has 0 spiro atoms. The molecule has 0 saturated carbocycles. The van der Waals surface area contributed by atoms with Crippen molar-refractivity contribution >= 4 is 33.2 Å². The Balaban J connectivity index is 2.06. The van der Waals surface area contributed by atoms with Crippen molar-refractivity contribution in [3.63, 3.8) is 0 Å². The summed E-state index contributed by atoms with van der Waals surface area (Å²) in [4.78, 5) is 12.8. The second-order valence-electron chi connectivity index (χ2n) is 6.81. The number of rotatable bonds is 9. The summed E-state index contributed by atoms with van der Waals surface area (Å²) >= 11 is 6.15. The molecule has 1 amide bonds. The molecule has 2 aromatic rings. The molecule has 0 bridgehead atoms. The van der Waals surface area contributed by atoms with Crippen LogP contribution < -0.4 is 9.62 Å². The highest BCUT2D eigenvalue weighted by Gasteiger charge is 2.31. The Morgan fingerprint density at radius 3 is 2.50 bits per heavy atom. The molecule has 2 aromatic carbocycles. The van der Waals surface area contributed by atoms with E-state index >= 15 is 0 Å². The maximum atomic E-state index is 12.8. The summed E-state index contributed by atoms with van der Waals surface area (Å²) in [7, 11) is -3.62. The van der Waals surface area contributed by atoms with Gasteiger partial charge in [0.25, 0.3) is 0 Å². The van der Waals surface area contributed by atoms with Gasteiger partial charge in [0, 0.05) is 11.6 Å². The van der Waals surface area contributed by atoms with Gasteiger partial charge in [-0.1, -0.05) is 48.9 Å². The minimum atomic E-state index is -3.62. The first-order valence-electron chi connectivity index (χ1n) is 9.31. The topological polar surface area (TPSA) is 66.5 Å². The molecule has 0 aromatic heterocycles. The molecular weight excluding hydrogens is 396 g/mol. The van der Waals surface area contributed by atoms with E-state index in [-0.39, 0.29) is 5.91 Å². The summed E-state index contributed by atoms with van der Waals surface area (Å²) < 4.78 is 26.1. The van der Waals surface area contributed by atoms with Crippen LogP contribution in [0.3, 0.4) is 0 Å². The van der Waals surface area contributed by atoms with Crippen LogP contribution in [0.15, 0.2) is 48.5 Å². The van der Waals surface area contributed by atoms with Crippen LogP contribution in [0, 0.1) is 6.92 Å². The van der Waals surface area contributed by atoms with Crippen molar-refractivity contribution in [3.8, 4) is 0 Å². The van der Waals surface area contributed by atoms with E-state index in [0.29, 0.717) is 23.7 Å². The molecule has 1 atom stereocenters. The van der Waals surface area contributed by atoms with Crippen LogP contribution in [0.1, 0.15) is 30.9 Å². The molecule has 7 heteroatoms. The lowest BCUT2D eigenvalue weighted by Gasteiger charge is -2.30. The Morgan fingerprint density at radius 1 is 1.18 bits per heavy atom. The molecule has 2 rings (SSSR count). The van der Waals surface area contributed by atoms with E-state index in [1.165, 1.54) is 4.31 Å². The third-order valence-corrected chi connectivity index (χ3v) is 6.01. The molecule has 0 aliphatic heterocycles. The van der Waals surface area contributed by atoms with Gasteiger partial charge in [0.1, 0.15) is 6.04 Å². The number of carbonyl (C=O) groups is 1. The third kappa shape index (κ3) is 5.97. The number of sulfonamides is 1. The van der Waals surface area contributed by atoms with Crippen molar-refractivity contribution in [2.24, 2.45) is 0 Å². The first kappa shape index (κ1) is 22.2. The maximum Gasteiger partial charge on any atom is 0.243 e. The fourth-order valence-electron chi connectivity index (χ4n) is 3.13. The van der Waals surface area contributed by atoms with E-state index in [9.17, 15) is 13.2 Å². The number of amides is 1. The largest absolute Gasteiger partial charge is 0.354 e. The van der Waals surface area contributed by atoms with Gasteiger partial charge in [-0.05, 0) is 55.5 Å². The summed E-state index contributed by atoms with van der Waals surface area (Å²) in [6.07, 6.45) is 2.96. The fourth-order valence-corrected chi connectivity index (χ4v) is 4.57. The average Bonchev–Trinajstić information content (AvgIpc) is 2.63. The second kappa shape index (κ2) is 9.94. The molecule has 152 valence electrons. The average molecular weight is 423 g/mol. The zero-order valence-corrected chi connectivity index (χ0v) is 18.1. The van der Waals surface area contributed by atoms with Gasteiger partial charge in [0.2, 0.25) is 15.9 Å². The lowest BCUT2D eigenvalue weighted by Crippen LogP contribution is -2.49. The van der Waals surface area contributed by atoms with E-state index < -0.39 is 16.1 Å². The third-order valence-electron chi connectivity index (χ3n) is 4.47. The Morgan fingerprint density at radius 2 is 1.89 bits per heavy atom. The van der Waals surface area contributed by atoms with Crippen LogP contribution in [0.25, 0.3) is 0 Å². The highest BCUT2D eigenvalue weighted by Crippen LogP contribution is 2.23. The van der Waals surface area contributed by atoms with Gasteiger partial charge >= 0.3 is 0 Å². The van der Waals surface area contributed by atoms with Crippen molar-refractivity contribution in [3.05, 3.63) is 64.7 Å². The van der Waals surface area contributed by atoms with E-state index in [2.05, 4.69) is 5.32 Å². The Bertz CT molecular complexity index is 915. The van der Waals surface area contributed by atoms with Crippen LogP contribution in [-0.2, 0) is 21.2 Å². The van der Waals surface area contributed by atoms with Gasteiger partial charge < -0.3 is 5.32 Å². The summed E-state index contributed by atoms with van der Waals surface area (Å²) in [5.41, 5.74) is 2.46. The van der Waals surface area contributed by atoms with Gasteiger partial charge in [0.05, 0.1) is 11.9 Å². The maximum absolute atomic E-state index is 12.8. The predicted molar refractivity (Wildman–Crippen MR) is 115 cm³/mol. The van der Waals surface area contributed by atoms with E-state index in [1.807, 2.05) is 44.2 Å². The van der Waals surface area contributed by atoms with Gasteiger partial charge in [-0.25, -0.2) is 8.42 Å². The van der Waals surface area contributed by atoms with Gasteiger partial charge in [-0.3, -0.25) is 9.10 Å². The van der Waals surface area contributed by atoms with Crippen molar-refractivity contribution in [2.45, 2.75) is 39.2 Å². The molecule has 0 aliphatic rings.